The highest BCUT2D eigenvalue weighted by molar-refractivity contribution is 5.69. The van der Waals surface area contributed by atoms with Crippen molar-refractivity contribution in [1.29, 1.82) is 0 Å². The van der Waals surface area contributed by atoms with Crippen molar-refractivity contribution in [3.63, 3.8) is 0 Å². The fraction of sp³-hybridized carbons (Fsp3) is 0.640. The molecule has 0 spiro atoms. The molecule has 1 aromatic rings. The Bertz CT molecular complexity index is 606. The van der Waals surface area contributed by atoms with Crippen LogP contribution in [0.1, 0.15) is 70.8 Å². The molecule has 0 saturated heterocycles. The van der Waals surface area contributed by atoms with Gasteiger partial charge in [-0.3, -0.25) is 4.79 Å². The van der Waals surface area contributed by atoms with Crippen molar-refractivity contribution < 1.29 is 9.53 Å². The number of benzene rings is 1. The van der Waals surface area contributed by atoms with Gasteiger partial charge >= 0.3 is 5.97 Å². The van der Waals surface area contributed by atoms with Crippen molar-refractivity contribution in [3.05, 3.63) is 48.0 Å². The fourth-order valence-electron chi connectivity index (χ4n) is 5.02. The number of hydrogen-bond donors (Lipinski definition) is 0. The van der Waals surface area contributed by atoms with Gasteiger partial charge in [-0.05, 0) is 68.3 Å². The maximum Gasteiger partial charge on any atom is 0.306 e. The van der Waals surface area contributed by atoms with Crippen LogP contribution in [-0.4, -0.2) is 12.1 Å². The first-order valence-corrected chi connectivity index (χ1v) is 11.0. The summed E-state index contributed by atoms with van der Waals surface area (Å²) in [6, 6.07) is 10.8. The summed E-state index contributed by atoms with van der Waals surface area (Å²) in [6.07, 6.45) is 14.4. The third-order valence-electron chi connectivity index (χ3n) is 6.73. The Morgan fingerprint density at radius 3 is 2.78 bits per heavy atom. The number of hydrogen-bond acceptors (Lipinski definition) is 2. The van der Waals surface area contributed by atoms with Crippen molar-refractivity contribution in [2.45, 2.75) is 77.7 Å². The van der Waals surface area contributed by atoms with Gasteiger partial charge in [0.05, 0.1) is 0 Å². The summed E-state index contributed by atoms with van der Waals surface area (Å²) in [5.41, 5.74) is 1.45. The van der Waals surface area contributed by atoms with Crippen LogP contribution in [0.2, 0.25) is 0 Å². The predicted octanol–water partition coefficient (Wildman–Crippen LogP) is 6.35. The molecule has 1 aliphatic carbocycles. The molecule has 0 aromatic heterocycles. The van der Waals surface area contributed by atoms with Gasteiger partial charge in [-0.2, -0.15) is 0 Å². The van der Waals surface area contributed by atoms with Gasteiger partial charge in [0.25, 0.3) is 0 Å². The molecular weight excluding hydrogens is 332 g/mol. The molecule has 3 rings (SSSR count). The third-order valence-corrected chi connectivity index (χ3v) is 6.73. The minimum absolute atomic E-state index is 0.0179. The zero-order valence-electron chi connectivity index (χ0n) is 17.1. The lowest BCUT2D eigenvalue weighted by molar-refractivity contribution is -0.151. The van der Waals surface area contributed by atoms with Crippen molar-refractivity contribution in [1.82, 2.24) is 0 Å². The number of allylic oxidation sites excluding steroid dienone is 2. The van der Waals surface area contributed by atoms with E-state index in [0.717, 1.165) is 31.6 Å². The Hall–Kier alpha value is -1.57. The standard InChI is InChI=1S/C25H36O2/c1-19(14-16-21-10-6-5-7-11-21)15-17-22-20(2)18-24-23(22)12-8-3-4-9-13-25(26)27-24/h3,5-8,10-11,19-20,22-24H,4,9,12-18H2,1-2H3/b8-3-/t19-,20+,22-,23+,24-/m0/s1. The maximum absolute atomic E-state index is 12.1. The van der Waals surface area contributed by atoms with Crippen LogP contribution in [0.3, 0.4) is 0 Å². The normalized spacial score (nSPS) is 31.0. The number of fused-ring (bicyclic) bond motifs is 1. The second kappa shape index (κ2) is 10.1. The molecule has 2 aliphatic rings. The molecule has 1 aromatic carbocycles. The molecule has 0 bridgehead atoms. The molecule has 0 amide bonds. The summed E-state index contributed by atoms with van der Waals surface area (Å²) < 4.78 is 5.89. The summed E-state index contributed by atoms with van der Waals surface area (Å²) in [6.45, 7) is 4.76. The van der Waals surface area contributed by atoms with Gasteiger partial charge in [0.1, 0.15) is 6.10 Å². The Balaban J connectivity index is 1.53. The zero-order valence-corrected chi connectivity index (χ0v) is 17.1. The van der Waals surface area contributed by atoms with Crippen LogP contribution < -0.4 is 0 Å². The summed E-state index contributed by atoms with van der Waals surface area (Å²) >= 11 is 0. The van der Waals surface area contributed by atoms with E-state index in [4.69, 9.17) is 4.74 Å². The average molecular weight is 369 g/mol. The van der Waals surface area contributed by atoms with Gasteiger partial charge in [-0.1, -0.05) is 62.8 Å². The molecule has 27 heavy (non-hydrogen) atoms. The minimum atomic E-state index is 0.0179. The van der Waals surface area contributed by atoms with Crippen LogP contribution in [0.4, 0.5) is 0 Å². The summed E-state index contributed by atoms with van der Waals surface area (Å²) in [4.78, 5) is 12.1. The Labute approximate surface area is 165 Å². The van der Waals surface area contributed by atoms with Gasteiger partial charge in [-0.15, -0.1) is 0 Å². The number of ether oxygens (including phenoxy) is 1. The molecule has 2 nitrogen and oxygen atoms in total. The molecule has 1 fully saturated rings. The van der Waals surface area contributed by atoms with Crippen molar-refractivity contribution in [2.75, 3.05) is 0 Å². The highest BCUT2D eigenvalue weighted by Gasteiger charge is 2.42. The van der Waals surface area contributed by atoms with E-state index in [1.165, 1.54) is 31.2 Å². The number of esters is 1. The van der Waals surface area contributed by atoms with Crippen molar-refractivity contribution in [3.8, 4) is 0 Å². The maximum atomic E-state index is 12.1. The molecule has 2 heteroatoms. The SMILES string of the molecule is C[C@@H](CCc1ccccc1)CC[C@@H]1[C@H]2C/C=C\CCCC(=O)O[C@H]2C[C@H]1C. The first-order valence-electron chi connectivity index (χ1n) is 11.0. The van der Waals surface area contributed by atoms with Crippen LogP contribution in [-0.2, 0) is 16.0 Å². The number of rotatable bonds is 6. The molecule has 5 atom stereocenters. The summed E-state index contributed by atoms with van der Waals surface area (Å²) in [5.74, 6) is 2.62. The average Bonchev–Trinajstić information content (AvgIpc) is 2.96. The van der Waals surface area contributed by atoms with Crippen LogP contribution in [0, 0.1) is 23.7 Å². The lowest BCUT2D eigenvalue weighted by atomic mass is 9.81. The molecule has 0 unspecified atom stereocenters. The van der Waals surface area contributed by atoms with Gasteiger partial charge in [-0.25, -0.2) is 0 Å². The summed E-state index contributed by atoms with van der Waals surface area (Å²) in [5, 5.41) is 0. The van der Waals surface area contributed by atoms with Crippen molar-refractivity contribution in [2.24, 2.45) is 23.7 Å². The van der Waals surface area contributed by atoms with Crippen molar-refractivity contribution >= 4 is 5.97 Å². The third kappa shape index (κ3) is 5.96. The molecule has 1 saturated carbocycles. The van der Waals surface area contributed by atoms with E-state index >= 15 is 0 Å². The van der Waals surface area contributed by atoms with E-state index < -0.39 is 0 Å². The largest absolute Gasteiger partial charge is 0.462 e. The second-order valence-electron chi connectivity index (χ2n) is 8.88. The fourth-order valence-corrected chi connectivity index (χ4v) is 5.02. The molecule has 0 N–H and O–H groups in total. The van der Waals surface area contributed by atoms with Gasteiger partial charge in [0.15, 0.2) is 0 Å². The predicted molar refractivity (Wildman–Crippen MR) is 111 cm³/mol. The second-order valence-corrected chi connectivity index (χ2v) is 8.88. The monoisotopic (exact) mass is 368 g/mol. The zero-order chi connectivity index (χ0) is 19.1. The number of carbonyl (C=O) groups excluding carboxylic acids is 1. The van der Waals surface area contributed by atoms with Crippen LogP contribution in [0.5, 0.6) is 0 Å². The Morgan fingerprint density at radius 2 is 1.96 bits per heavy atom. The first-order chi connectivity index (χ1) is 13.1. The van der Waals surface area contributed by atoms with Gasteiger partial charge in [0, 0.05) is 12.3 Å². The lowest BCUT2D eigenvalue weighted by Gasteiger charge is -2.26. The molecule has 0 radical (unpaired) electrons. The van der Waals surface area contributed by atoms with E-state index in [1.54, 1.807) is 0 Å². The molecule has 1 aliphatic heterocycles. The van der Waals surface area contributed by atoms with Crippen LogP contribution in [0.25, 0.3) is 0 Å². The number of aryl methyl sites for hydroxylation is 1. The lowest BCUT2D eigenvalue weighted by Crippen LogP contribution is -2.26. The molecule has 1 heterocycles. The number of carbonyl (C=O) groups is 1. The highest BCUT2D eigenvalue weighted by Crippen LogP contribution is 2.44. The smallest absolute Gasteiger partial charge is 0.306 e. The Morgan fingerprint density at radius 1 is 1.15 bits per heavy atom. The topological polar surface area (TPSA) is 26.3 Å². The van der Waals surface area contributed by atoms with E-state index in [2.05, 4.69) is 56.3 Å². The van der Waals surface area contributed by atoms with Crippen LogP contribution >= 0.6 is 0 Å². The summed E-state index contributed by atoms with van der Waals surface area (Å²) in [7, 11) is 0. The van der Waals surface area contributed by atoms with E-state index in [1.807, 2.05) is 0 Å². The van der Waals surface area contributed by atoms with Crippen LogP contribution in [0.15, 0.2) is 42.5 Å². The quantitative estimate of drug-likeness (QED) is 0.432. The van der Waals surface area contributed by atoms with E-state index in [9.17, 15) is 4.79 Å². The highest BCUT2D eigenvalue weighted by atomic mass is 16.5. The van der Waals surface area contributed by atoms with Gasteiger partial charge < -0.3 is 4.74 Å². The molecular formula is C25H36O2. The molecule has 148 valence electrons. The first kappa shape index (κ1) is 20.2. The van der Waals surface area contributed by atoms with Gasteiger partial charge in [0.2, 0.25) is 0 Å². The van der Waals surface area contributed by atoms with E-state index in [0.29, 0.717) is 24.2 Å². The Kier molecular flexibility index (Phi) is 7.55. The minimum Gasteiger partial charge on any atom is -0.462 e. The van der Waals surface area contributed by atoms with E-state index in [-0.39, 0.29) is 12.1 Å².